The van der Waals surface area contributed by atoms with Gasteiger partial charge in [-0.25, -0.2) is 13.6 Å². The Morgan fingerprint density at radius 2 is 1.57 bits per heavy atom. The van der Waals surface area contributed by atoms with Crippen LogP contribution < -0.4 is 16.0 Å². The van der Waals surface area contributed by atoms with Crippen LogP contribution >= 0.6 is 0 Å². The molecule has 1 aliphatic rings. The van der Waals surface area contributed by atoms with Crippen molar-refractivity contribution in [1.82, 2.24) is 20.9 Å². The maximum Gasteiger partial charge on any atom is 0.407 e. The molecule has 3 N–H and O–H groups in total. The average Bonchev–Trinajstić information content (AvgIpc) is 3.23. The third-order valence-corrected chi connectivity index (χ3v) is 5.87. The highest BCUT2D eigenvalue weighted by Gasteiger charge is 2.53. The van der Waals surface area contributed by atoms with Gasteiger partial charge in [-0.3, -0.25) is 19.2 Å². The Hall–Kier alpha value is -3.00. The van der Waals surface area contributed by atoms with Crippen molar-refractivity contribution in [2.45, 2.75) is 77.2 Å². The van der Waals surface area contributed by atoms with E-state index in [0.29, 0.717) is 11.8 Å². The molecule has 0 aromatic heterocycles. The summed E-state index contributed by atoms with van der Waals surface area (Å²) in [5.74, 6) is -10.1. The van der Waals surface area contributed by atoms with Crippen LogP contribution in [0.15, 0.2) is 0 Å². The Morgan fingerprint density at radius 1 is 1.00 bits per heavy atom. The lowest BCUT2D eigenvalue weighted by atomic mass is 9.85. The van der Waals surface area contributed by atoms with Gasteiger partial charge >= 0.3 is 12.3 Å². The van der Waals surface area contributed by atoms with Crippen molar-refractivity contribution in [1.29, 1.82) is 0 Å². The van der Waals surface area contributed by atoms with E-state index in [4.69, 9.17) is 0 Å². The summed E-state index contributed by atoms with van der Waals surface area (Å²) < 4.78 is 72.0. The number of alkyl carbamates (subject to hydrolysis) is 1. The number of carbonyl (C=O) groups is 5. The second kappa shape index (κ2) is 12.0. The van der Waals surface area contributed by atoms with Gasteiger partial charge in [0.15, 0.2) is 0 Å². The van der Waals surface area contributed by atoms with Gasteiger partial charge in [0.25, 0.3) is 5.91 Å². The highest BCUT2D eigenvalue weighted by Crippen LogP contribution is 2.38. The minimum atomic E-state index is -4.79. The molecular formula is C22H33F5N4O6. The highest BCUT2D eigenvalue weighted by molar-refractivity contribution is 6.38. The van der Waals surface area contributed by atoms with Crippen LogP contribution in [0, 0.1) is 11.3 Å². The number of rotatable bonds is 9. The maximum absolute atomic E-state index is 13.6. The third kappa shape index (κ3) is 9.11. The van der Waals surface area contributed by atoms with Crippen LogP contribution in [0.1, 0.15) is 47.0 Å². The molecule has 1 heterocycles. The third-order valence-electron chi connectivity index (χ3n) is 5.87. The minimum Gasteiger partial charge on any atom is -0.453 e. The normalized spacial score (nSPS) is 20.0. The Labute approximate surface area is 211 Å². The van der Waals surface area contributed by atoms with Crippen molar-refractivity contribution in [3.05, 3.63) is 0 Å². The molecule has 4 amide bonds. The summed E-state index contributed by atoms with van der Waals surface area (Å²) >= 11 is 0. The molecular weight excluding hydrogens is 511 g/mol. The molecule has 15 heteroatoms. The first-order valence-corrected chi connectivity index (χ1v) is 11.4. The van der Waals surface area contributed by atoms with Crippen molar-refractivity contribution in [2.75, 3.05) is 20.7 Å². The number of hydrogen-bond acceptors (Lipinski definition) is 6. The Kier molecular flexibility index (Phi) is 10.4. The van der Waals surface area contributed by atoms with Gasteiger partial charge in [-0.1, -0.05) is 20.8 Å². The van der Waals surface area contributed by atoms with Crippen LogP contribution in [0.5, 0.6) is 0 Å². The van der Waals surface area contributed by atoms with Gasteiger partial charge in [-0.2, -0.15) is 13.2 Å². The second-order valence-electron chi connectivity index (χ2n) is 10.0. The largest absolute Gasteiger partial charge is 0.453 e. The number of halogens is 5. The number of hydrogen-bond donors (Lipinski definition) is 3. The van der Waals surface area contributed by atoms with E-state index in [2.05, 4.69) is 15.4 Å². The predicted molar refractivity (Wildman–Crippen MR) is 119 cm³/mol. The first kappa shape index (κ1) is 32.0. The molecule has 0 aliphatic carbocycles. The van der Waals surface area contributed by atoms with Crippen LogP contribution in [0.2, 0.25) is 0 Å². The van der Waals surface area contributed by atoms with Gasteiger partial charge < -0.3 is 25.6 Å². The van der Waals surface area contributed by atoms with Gasteiger partial charge in [0.2, 0.25) is 23.5 Å². The Morgan fingerprint density at radius 3 is 2.00 bits per heavy atom. The summed E-state index contributed by atoms with van der Waals surface area (Å²) in [7, 11) is 2.12. The summed E-state index contributed by atoms with van der Waals surface area (Å²) in [4.78, 5) is 63.0. The number of ketones is 1. The van der Waals surface area contributed by atoms with E-state index >= 15 is 0 Å². The number of ether oxygens (including phenoxy) is 1. The number of likely N-dealkylation sites (N-methyl/N-ethyl adjacent to an activating group) is 1. The molecule has 0 radical (unpaired) electrons. The molecule has 0 bridgehead atoms. The van der Waals surface area contributed by atoms with Crippen molar-refractivity contribution in [3.63, 3.8) is 0 Å². The monoisotopic (exact) mass is 544 g/mol. The minimum absolute atomic E-state index is 0.558. The van der Waals surface area contributed by atoms with E-state index in [-0.39, 0.29) is 0 Å². The topological polar surface area (TPSA) is 134 Å². The second-order valence-corrected chi connectivity index (χ2v) is 10.0. The molecule has 0 aromatic carbocycles. The average molecular weight is 545 g/mol. The number of carbonyl (C=O) groups excluding carboxylic acids is 5. The molecule has 0 unspecified atom stereocenters. The summed E-state index contributed by atoms with van der Waals surface area (Å²) in [6.07, 6.45) is -8.28. The summed E-state index contributed by atoms with van der Waals surface area (Å²) in [6.45, 7) is 4.22. The van der Waals surface area contributed by atoms with Crippen molar-refractivity contribution >= 4 is 29.6 Å². The number of nitrogens with zero attached hydrogens (tertiary/aromatic N) is 1. The molecule has 212 valence electrons. The van der Waals surface area contributed by atoms with Crippen LogP contribution in [0.4, 0.5) is 26.7 Å². The van der Waals surface area contributed by atoms with Gasteiger partial charge in [-0.05, 0) is 25.2 Å². The molecule has 0 aromatic rings. The molecule has 1 saturated heterocycles. The van der Waals surface area contributed by atoms with Crippen LogP contribution in [0.3, 0.4) is 0 Å². The number of likely N-dealkylation sites (tertiary alicyclic amines) is 1. The van der Waals surface area contributed by atoms with Gasteiger partial charge in [-0.15, -0.1) is 0 Å². The number of Topliss-reactive ketones (excluding diaryl/α,β-unsaturated/α-hetero) is 1. The maximum atomic E-state index is 13.6. The van der Waals surface area contributed by atoms with Crippen LogP contribution in [0.25, 0.3) is 0 Å². The Balaban J connectivity index is 3.34. The van der Waals surface area contributed by atoms with Gasteiger partial charge in [0.1, 0.15) is 12.1 Å². The zero-order valence-corrected chi connectivity index (χ0v) is 21.4. The standard InChI is InChI=1S/C22H33F5N4O6/c1-20(2,3)15(30-19(36)37-6)18(35)31-10-11(22(25,26)27)9-13(31)16(33)29-12(7-8-21(4,23)24)14(32)17(34)28-5/h11-13,15H,7-10H2,1-6H3,(H,28,34)(H,29,33)(H,30,36)/t11-,12+,13+,15-/m1/s1. The van der Waals surface area contributed by atoms with E-state index in [0.717, 1.165) is 14.2 Å². The number of alkyl halides is 5. The van der Waals surface area contributed by atoms with Crippen LogP contribution in [-0.2, 0) is 23.9 Å². The fourth-order valence-corrected chi connectivity index (χ4v) is 3.77. The summed E-state index contributed by atoms with van der Waals surface area (Å²) in [5.41, 5.74) is -1.02. The van der Waals surface area contributed by atoms with Crippen molar-refractivity contribution < 1.29 is 50.7 Å². The summed E-state index contributed by atoms with van der Waals surface area (Å²) in [6, 6.07) is -4.93. The smallest absolute Gasteiger partial charge is 0.407 e. The van der Waals surface area contributed by atoms with E-state index in [1.165, 1.54) is 20.8 Å². The number of methoxy groups -OCH3 is 1. The summed E-state index contributed by atoms with van der Waals surface area (Å²) in [5, 5.41) is 6.34. The van der Waals surface area contributed by atoms with Crippen molar-refractivity contribution in [2.24, 2.45) is 11.3 Å². The molecule has 1 fully saturated rings. The fourth-order valence-electron chi connectivity index (χ4n) is 3.77. The van der Waals surface area contributed by atoms with E-state index in [1.54, 1.807) is 0 Å². The molecule has 0 spiro atoms. The first-order valence-electron chi connectivity index (χ1n) is 11.4. The van der Waals surface area contributed by atoms with Gasteiger partial charge in [0, 0.05) is 20.0 Å². The van der Waals surface area contributed by atoms with E-state index in [1.807, 2.05) is 5.32 Å². The van der Waals surface area contributed by atoms with Crippen molar-refractivity contribution in [3.8, 4) is 0 Å². The molecule has 1 rings (SSSR count). The zero-order chi connectivity index (χ0) is 28.9. The highest BCUT2D eigenvalue weighted by atomic mass is 19.4. The fraction of sp³-hybridized carbons (Fsp3) is 0.773. The molecule has 10 nitrogen and oxygen atoms in total. The lowest BCUT2D eigenvalue weighted by molar-refractivity contribution is -0.171. The van der Waals surface area contributed by atoms with E-state index in [9.17, 15) is 45.9 Å². The number of amides is 4. The SMILES string of the molecule is CNC(=O)C(=O)[C@H](CCC(C)(F)F)NC(=O)[C@@H]1C[C@@H](C(F)(F)F)CN1C(=O)[C@@H](NC(=O)OC)C(C)(C)C. The van der Waals surface area contributed by atoms with E-state index < -0.39 is 97.0 Å². The lowest BCUT2D eigenvalue weighted by Crippen LogP contribution is -2.59. The lowest BCUT2D eigenvalue weighted by Gasteiger charge is -2.35. The molecule has 1 aliphatic heterocycles. The van der Waals surface area contributed by atoms with Crippen LogP contribution in [-0.4, -0.2) is 85.4 Å². The molecule has 4 atom stereocenters. The Bertz CT molecular complexity index is 884. The molecule has 37 heavy (non-hydrogen) atoms. The molecule has 0 saturated carbocycles. The van der Waals surface area contributed by atoms with Gasteiger partial charge in [0.05, 0.1) is 19.1 Å². The zero-order valence-electron chi connectivity index (χ0n) is 21.4. The predicted octanol–water partition coefficient (Wildman–Crippen LogP) is 1.77. The first-order chi connectivity index (χ1) is 16.7. The quantitative estimate of drug-likeness (QED) is 0.299. The number of nitrogens with one attached hydrogen (secondary N) is 3.